The van der Waals surface area contributed by atoms with Gasteiger partial charge >= 0.3 is 12.1 Å². The van der Waals surface area contributed by atoms with Gasteiger partial charge in [0.1, 0.15) is 11.6 Å². The molecule has 1 atom stereocenters. The van der Waals surface area contributed by atoms with E-state index in [9.17, 15) is 32.3 Å². The Morgan fingerprint density at radius 2 is 1.85 bits per heavy atom. The van der Waals surface area contributed by atoms with Crippen LogP contribution in [0.15, 0.2) is 34.8 Å². The number of hydrogen-bond acceptors (Lipinski definition) is 4. The van der Waals surface area contributed by atoms with Crippen molar-refractivity contribution in [3.8, 4) is 5.75 Å². The van der Waals surface area contributed by atoms with Crippen molar-refractivity contribution in [1.82, 2.24) is 5.32 Å². The molecular weight excluding hydrogens is 514 g/mol. The summed E-state index contributed by atoms with van der Waals surface area (Å²) in [5.41, 5.74) is -0.739. The second kappa shape index (κ2) is 11.0. The molecule has 2 N–H and O–H groups in total. The number of carbonyl (C=O) groups excluding carboxylic acids is 1. The van der Waals surface area contributed by atoms with E-state index >= 15 is 0 Å². The molecule has 0 spiro atoms. The van der Waals surface area contributed by atoms with Gasteiger partial charge in [0.25, 0.3) is 5.91 Å². The highest BCUT2D eigenvalue weighted by atomic mass is 79.9. The number of carboxylic acid groups (broad SMARTS) is 1. The van der Waals surface area contributed by atoms with Crippen LogP contribution in [0.3, 0.4) is 0 Å². The number of methoxy groups -OCH3 is 1. The molecule has 2 aromatic rings. The number of ether oxygens (including phenoxy) is 2. The highest BCUT2D eigenvalue weighted by Crippen LogP contribution is 2.32. The summed E-state index contributed by atoms with van der Waals surface area (Å²) in [6, 6.07) is 4.90. The molecule has 0 saturated heterocycles. The predicted octanol–water partition coefficient (Wildman–Crippen LogP) is 4.97. The fourth-order valence-corrected chi connectivity index (χ4v) is 3.78. The van der Waals surface area contributed by atoms with Gasteiger partial charge in [-0.25, -0.2) is 9.18 Å². The molecule has 0 fully saturated rings. The number of benzene rings is 2. The zero-order valence-corrected chi connectivity index (χ0v) is 19.5. The smallest absolute Gasteiger partial charge is 0.416 e. The van der Waals surface area contributed by atoms with Gasteiger partial charge in [0.15, 0.2) is 6.10 Å². The molecule has 2 aromatic carbocycles. The van der Waals surface area contributed by atoms with Crippen molar-refractivity contribution in [3.63, 3.8) is 0 Å². The Kier molecular flexibility index (Phi) is 8.84. The van der Waals surface area contributed by atoms with Crippen LogP contribution in [0.1, 0.15) is 40.9 Å². The van der Waals surface area contributed by atoms with Gasteiger partial charge in [-0.1, -0.05) is 6.07 Å². The lowest BCUT2D eigenvalue weighted by molar-refractivity contribution is -0.153. The van der Waals surface area contributed by atoms with E-state index in [1.54, 1.807) is 26.0 Å². The van der Waals surface area contributed by atoms with Crippen molar-refractivity contribution < 1.29 is 41.7 Å². The number of nitrogens with one attached hydrogen (secondary N) is 1. The van der Waals surface area contributed by atoms with Crippen LogP contribution >= 0.6 is 15.9 Å². The number of carbonyl (C=O) groups is 2. The van der Waals surface area contributed by atoms with Crippen molar-refractivity contribution in [3.05, 3.63) is 62.9 Å². The number of amides is 1. The fraction of sp³-hybridized carbons (Fsp3) is 0.364. The van der Waals surface area contributed by atoms with Crippen LogP contribution in [0.25, 0.3) is 0 Å². The highest BCUT2D eigenvalue weighted by Gasteiger charge is 2.31. The summed E-state index contributed by atoms with van der Waals surface area (Å²) < 4.78 is 63.4. The van der Waals surface area contributed by atoms with Crippen molar-refractivity contribution >= 4 is 27.8 Å². The molecule has 1 amide bonds. The molecule has 33 heavy (non-hydrogen) atoms. The Morgan fingerprint density at radius 3 is 2.36 bits per heavy atom. The van der Waals surface area contributed by atoms with Crippen LogP contribution in [0.2, 0.25) is 0 Å². The van der Waals surface area contributed by atoms with Crippen LogP contribution in [-0.2, 0) is 28.7 Å². The summed E-state index contributed by atoms with van der Waals surface area (Å²) in [5, 5.41) is 11.8. The van der Waals surface area contributed by atoms with Gasteiger partial charge in [0.2, 0.25) is 0 Å². The Hall–Kier alpha value is -2.66. The number of halogens is 5. The van der Waals surface area contributed by atoms with E-state index < -0.39 is 41.1 Å². The molecule has 0 saturated carbocycles. The van der Waals surface area contributed by atoms with Gasteiger partial charge in [-0.3, -0.25) is 4.79 Å². The van der Waals surface area contributed by atoms with E-state index in [-0.39, 0.29) is 25.1 Å². The average molecular weight is 536 g/mol. The molecule has 0 radical (unpaired) electrons. The van der Waals surface area contributed by atoms with E-state index in [0.29, 0.717) is 27.4 Å². The maximum absolute atomic E-state index is 14.1. The minimum absolute atomic E-state index is 0.0323. The molecule has 180 valence electrons. The Bertz CT molecular complexity index is 1030. The SMILES string of the molecule is COc1c(Br)cc(CC(OC(C)C)C(=O)O)cc1CNC(=O)c1ccc(C(F)(F)F)cc1F. The van der Waals surface area contributed by atoms with Gasteiger partial charge in [-0.15, -0.1) is 0 Å². The summed E-state index contributed by atoms with van der Waals surface area (Å²) >= 11 is 3.33. The first-order valence-corrected chi connectivity index (χ1v) is 10.5. The van der Waals surface area contributed by atoms with Crippen LogP contribution in [0, 0.1) is 5.82 Å². The zero-order chi connectivity index (χ0) is 24.9. The van der Waals surface area contributed by atoms with Crippen molar-refractivity contribution in [2.45, 2.75) is 45.2 Å². The lowest BCUT2D eigenvalue weighted by Crippen LogP contribution is -2.29. The zero-order valence-electron chi connectivity index (χ0n) is 17.9. The van der Waals surface area contributed by atoms with Crippen molar-refractivity contribution in [1.29, 1.82) is 0 Å². The summed E-state index contributed by atoms with van der Waals surface area (Å²) in [6.07, 6.45) is -6.12. The van der Waals surface area contributed by atoms with Crippen LogP contribution < -0.4 is 10.1 Å². The molecule has 0 aliphatic heterocycles. The molecule has 0 aliphatic carbocycles. The maximum atomic E-state index is 14.1. The molecular formula is C22H22BrF4NO5. The van der Waals surface area contributed by atoms with E-state index in [4.69, 9.17) is 9.47 Å². The standard InChI is InChI=1S/C22H22BrF4NO5/c1-11(2)33-18(21(30)31)8-12-6-13(19(32-3)16(23)7-12)10-28-20(29)15-5-4-14(9-17(15)24)22(25,26)27/h4-7,9,11,18H,8,10H2,1-3H3,(H,28,29)(H,30,31). The summed E-state index contributed by atoms with van der Waals surface area (Å²) in [6.45, 7) is 3.26. The third kappa shape index (κ3) is 7.16. The third-order valence-electron chi connectivity index (χ3n) is 4.50. The number of rotatable bonds is 9. The summed E-state index contributed by atoms with van der Waals surface area (Å²) in [5.74, 6) is -3.01. The van der Waals surface area contributed by atoms with Crippen LogP contribution in [-0.4, -0.2) is 36.3 Å². The molecule has 11 heteroatoms. The number of alkyl halides is 3. The van der Waals surface area contributed by atoms with E-state index in [1.165, 1.54) is 7.11 Å². The quantitative estimate of drug-likeness (QED) is 0.443. The molecule has 0 aliphatic rings. The second-order valence-corrected chi connectivity index (χ2v) is 8.22. The summed E-state index contributed by atoms with van der Waals surface area (Å²) in [7, 11) is 1.39. The molecule has 0 bridgehead atoms. The second-order valence-electron chi connectivity index (χ2n) is 7.36. The van der Waals surface area contributed by atoms with Gasteiger partial charge in [-0.05, 0) is 59.6 Å². The summed E-state index contributed by atoms with van der Waals surface area (Å²) in [4.78, 5) is 23.9. The van der Waals surface area contributed by atoms with Crippen molar-refractivity contribution in [2.75, 3.05) is 7.11 Å². The predicted molar refractivity (Wildman–Crippen MR) is 115 cm³/mol. The van der Waals surface area contributed by atoms with Gasteiger partial charge < -0.3 is 19.9 Å². The minimum Gasteiger partial charge on any atom is -0.495 e. The number of hydrogen-bond donors (Lipinski definition) is 2. The molecule has 2 rings (SSSR count). The Morgan fingerprint density at radius 1 is 1.18 bits per heavy atom. The Balaban J connectivity index is 2.24. The first kappa shape index (κ1) is 26.6. The lowest BCUT2D eigenvalue weighted by atomic mass is 10.0. The van der Waals surface area contributed by atoms with Gasteiger partial charge in [0, 0.05) is 18.5 Å². The maximum Gasteiger partial charge on any atom is 0.416 e. The van der Waals surface area contributed by atoms with Crippen molar-refractivity contribution in [2.24, 2.45) is 0 Å². The molecule has 0 heterocycles. The number of carboxylic acids is 1. The normalized spacial score (nSPS) is 12.5. The third-order valence-corrected chi connectivity index (χ3v) is 5.09. The van der Waals surface area contributed by atoms with Crippen LogP contribution in [0.4, 0.5) is 17.6 Å². The van der Waals surface area contributed by atoms with E-state index in [2.05, 4.69) is 21.2 Å². The Labute approximate surface area is 196 Å². The van der Waals surface area contributed by atoms with Crippen LogP contribution in [0.5, 0.6) is 5.75 Å². The fourth-order valence-electron chi connectivity index (χ4n) is 3.07. The largest absolute Gasteiger partial charge is 0.495 e. The molecule has 1 unspecified atom stereocenters. The minimum atomic E-state index is -4.73. The van der Waals surface area contributed by atoms with E-state index in [1.807, 2.05) is 0 Å². The first-order chi connectivity index (χ1) is 15.3. The lowest BCUT2D eigenvalue weighted by Gasteiger charge is -2.19. The first-order valence-electron chi connectivity index (χ1n) is 9.72. The van der Waals surface area contributed by atoms with E-state index in [0.717, 1.165) is 6.07 Å². The topological polar surface area (TPSA) is 84.9 Å². The van der Waals surface area contributed by atoms with Gasteiger partial charge in [0.05, 0.1) is 28.8 Å². The average Bonchev–Trinajstić information content (AvgIpc) is 2.70. The highest BCUT2D eigenvalue weighted by molar-refractivity contribution is 9.10. The monoisotopic (exact) mass is 535 g/mol. The molecule has 0 aromatic heterocycles. The van der Waals surface area contributed by atoms with Gasteiger partial charge in [-0.2, -0.15) is 13.2 Å². The number of aliphatic carboxylic acids is 1. The molecule has 6 nitrogen and oxygen atoms in total.